The van der Waals surface area contributed by atoms with Gasteiger partial charge in [0.1, 0.15) is 226 Å². The molecule has 9 aliphatic heterocycles. The van der Waals surface area contributed by atoms with Crippen LogP contribution in [0.3, 0.4) is 0 Å². The van der Waals surface area contributed by atoms with E-state index >= 15 is 0 Å². The molecule has 9 saturated heterocycles. The maximum Gasteiger partial charge on any atom is 0.473 e. The second kappa shape index (κ2) is 37.6. The monoisotopic (exact) mass is 1640 g/mol. The molecule has 109 heavy (non-hydrogen) atoms. The lowest BCUT2D eigenvalue weighted by Crippen LogP contribution is -2.70. The summed E-state index contributed by atoms with van der Waals surface area (Å²) >= 11 is 0. The summed E-state index contributed by atoms with van der Waals surface area (Å²) in [4.78, 5) is 20.3. The summed E-state index contributed by atoms with van der Waals surface area (Å²) in [5.74, 6) is 0. The molecule has 32 N–H and O–H groups in total. The van der Waals surface area contributed by atoms with E-state index in [-0.39, 0.29) is 6.54 Å². The minimum Gasteiger partial charge on any atom is -0.394 e. The van der Waals surface area contributed by atoms with E-state index < -0.39 is 357 Å². The molecule has 0 aromatic rings. The molecule has 1 aliphatic carbocycles. The lowest BCUT2D eigenvalue weighted by atomic mass is 9.84. The van der Waals surface area contributed by atoms with Crippen LogP contribution in [0.2, 0.25) is 0 Å². The first-order valence-corrected chi connectivity index (χ1v) is 37.5. The van der Waals surface area contributed by atoms with Crippen molar-refractivity contribution >= 4 is 15.4 Å². The van der Waals surface area contributed by atoms with Gasteiger partial charge in [-0.15, -0.1) is 0 Å². The summed E-state index contributed by atoms with van der Waals surface area (Å²) in [5, 5.41) is 287. The number of aliphatic hydroxyl groups is 26. The van der Waals surface area contributed by atoms with Crippen molar-refractivity contribution in [1.29, 1.82) is 0 Å². The van der Waals surface area contributed by atoms with Gasteiger partial charge in [-0.1, -0.05) is 0 Å². The van der Waals surface area contributed by atoms with E-state index in [4.69, 9.17) is 101 Å². The summed E-state index contributed by atoms with van der Waals surface area (Å²) in [6.07, 6.45) is -97.6. The molecule has 0 spiro atoms. The Bertz CT molecular complexity index is 2940. The molecule has 10 aliphatic rings. The average molecular weight is 1650 g/mol. The van der Waals surface area contributed by atoms with Gasteiger partial charge in [0.25, 0.3) is 0 Å². The van der Waals surface area contributed by atoms with E-state index in [0.717, 1.165) is 0 Å². The predicted octanol–water partition coefficient (Wildman–Crippen LogP) is -19.9. The maximum absolute atomic E-state index is 12.6. The number of rotatable bonds is 28. The highest BCUT2D eigenvalue weighted by Gasteiger charge is 2.63. The Morgan fingerprint density at radius 2 is 0.624 bits per heavy atom. The summed E-state index contributed by atoms with van der Waals surface area (Å²) in [6.45, 7) is -9.22. The van der Waals surface area contributed by atoms with Gasteiger partial charge >= 0.3 is 15.4 Å². The number of phosphoric acid groups is 1. The van der Waals surface area contributed by atoms with E-state index in [1.165, 1.54) is 0 Å². The van der Waals surface area contributed by atoms with Crippen molar-refractivity contribution in [3.05, 3.63) is 0 Å². The molecule has 51 nitrogen and oxygen atoms in total. The second-order valence-electron chi connectivity index (χ2n) is 27.5. The minimum absolute atomic E-state index is 0.352. The highest BCUT2D eigenvalue weighted by molar-refractivity contribution is 7.52. The van der Waals surface area contributed by atoms with Crippen LogP contribution in [0.15, 0.2) is 0 Å². The fourth-order valence-electron chi connectivity index (χ4n) is 13.8. The van der Waals surface area contributed by atoms with Crippen molar-refractivity contribution in [3.63, 3.8) is 0 Å². The van der Waals surface area contributed by atoms with Crippen LogP contribution < -0.4 is 11.5 Å². The van der Waals surface area contributed by atoms with Gasteiger partial charge in [0, 0.05) is 6.54 Å². The molecular weight excluding hydrogens is 1550 g/mol. The van der Waals surface area contributed by atoms with Gasteiger partial charge < -0.3 is 234 Å². The molecular formula is C56H98N2O49P2. The number of aliphatic hydroxyl groups excluding tert-OH is 26. The molecule has 48 unspecified atom stereocenters. The van der Waals surface area contributed by atoms with E-state index in [1.807, 2.05) is 0 Å². The number of fused-ring (bicyclic) bond motifs is 1. The first-order chi connectivity index (χ1) is 51.4. The number of nitrogens with two attached hydrogens (primary N) is 2. The van der Waals surface area contributed by atoms with Gasteiger partial charge in [-0.2, -0.15) is 0 Å². The Balaban J connectivity index is 0.972. The number of phosphoric ester groups is 1. The molecule has 0 bridgehead atoms. The first kappa shape index (κ1) is 89.8. The molecule has 9 heterocycles. The van der Waals surface area contributed by atoms with Gasteiger partial charge in [0.15, 0.2) is 50.3 Å². The van der Waals surface area contributed by atoms with Crippen LogP contribution in [-0.4, -0.2) is 490 Å². The zero-order valence-corrected chi connectivity index (χ0v) is 58.6. The van der Waals surface area contributed by atoms with Crippen LogP contribution in [0.4, 0.5) is 0 Å². The smallest absolute Gasteiger partial charge is 0.394 e. The van der Waals surface area contributed by atoms with Gasteiger partial charge in [0.05, 0.1) is 65.1 Å². The quantitative estimate of drug-likeness (QED) is 0.0324. The Morgan fingerprint density at radius 3 is 1.07 bits per heavy atom. The van der Waals surface area contributed by atoms with Crippen molar-refractivity contribution in [1.82, 2.24) is 0 Å². The zero-order valence-electron chi connectivity index (χ0n) is 56.8. The third-order valence-corrected chi connectivity index (χ3v) is 22.6. The lowest BCUT2D eigenvalue weighted by molar-refractivity contribution is -0.402. The fraction of sp³-hybridized carbons (Fsp3) is 1.00. The first-order valence-electron chi connectivity index (χ1n) is 34.2. The van der Waals surface area contributed by atoms with Gasteiger partial charge in [-0.3, -0.25) is 13.6 Å². The van der Waals surface area contributed by atoms with Crippen LogP contribution in [0.25, 0.3) is 0 Å². The summed E-state index contributed by atoms with van der Waals surface area (Å²) in [7, 11) is -9.49. The molecule has 10 rings (SSSR count). The fourth-order valence-corrected chi connectivity index (χ4v) is 15.8. The van der Waals surface area contributed by atoms with Gasteiger partial charge in [-0.05, 0) is 0 Å². The molecule has 0 radical (unpaired) electrons. The van der Waals surface area contributed by atoms with E-state index in [9.17, 15) is 152 Å². The molecule has 53 heteroatoms. The largest absolute Gasteiger partial charge is 0.473 e. The van der Waals surface area contributed by atoms with Gasteiger partial charge in [-0.25, -0.2) is 4.57 Å². The molecule has 48 atom stereocenters. The summed E-state index contributed by atoms with van der Waals surface area (Å²) in [6, 6.07) is -1.98. The topological polar surface area (TPSA) is 828 Å². The molecule has 0 amide bonds. The van der Waals surface area contributed by atoms with Crippen LogP contribution >= 0.6 is 15.4 Å². The lowest BCUT2D eigenvalue weighted by Gasteiger charge is -2.50. The molecule has 636 valence electrons. The van der Waals surface area contributed by atoms with Crippen molar-refractivity contribution in [2.24, 2.45) is 11.5 Å². The third-order valence-electron chi connectivity index (χ3n) is 20.2. The summed E-state index contributed by atoms with van der Waals surface area (Å²) < 4.78 is 133. The van der Waals surface area contributed by atoms with Crippen LogP contribution in [0.1, 0.15) is 0 Å². The van der Waals surface area contributed by atoms with Crippen LogP contribution in [0.5, 0.6) is 0 Å². The standard InChI is InChI=1S/C56H98N2O49P2/c57-1-2-108(85,86)91-10-18-24(68)30(74)39(83)52(98-18)104-46-33(77)23(67)14(6-62)95-55(46)90-9-17-26(70)42(40(84)53(97-17)100-41-15(7-63)96-49(19(58)27(41)71)102-43-35(79)31(75)36(80)44-48(43)107-109(87,88)106-44)101-56-47(105-51-38(82)29(73)21(65)12(4-60)93-51)34(78)25(69)16(99-56)8-89-54-45(32(76)22(66)13(5-61)94-54)103-50-37(81)28(72)20(64)11(3-59)92-50/h11-56,59-84H,1-10,57-58H2,(H,85,86)(H,87,88). The highest BCUT2D eigenvalue weighted by Crippen LogP contribution is 2.56. The van der Waals surface area contributed by atoms with Crippen LogP contribution in [-0.2, 0) is 98.5 Å². The predicted molar refractivity (Wildman–Crippen MR) is 329 cm³/mol. The number of hydrogen-bond donors (Lipinski definition) is 30. The van der Waals surface area contributed by atoms with Crippen LogP contribution in [0, 0.1) is 0 Å². The Hall–Kier alpha value is -1.50. The summed E-state index contributed by atoms with van der Waals surface area (Å²) in [5.41, 5.74) is 11.8. The molecule has 0 aromatic heterocycles. The number of hydrogen-bond acceptors (Lipinski definition) is 49. The normalized spacial score (nSPS) is 53.4. The second-order valence-corrected chi connectivity index (χ2v) is 30.8. The highest BCUT2D eigenvalue weighted by atomic mass is 31.2. The molecule has 1 saturated carbocycles. The third kappa shape index (κ3) is 19.1. The van der Waals surface area contributed by atoms with E-state index in [1.54, 1.807) is 0 Å². The van der Waals surface area contributed by atoms with E-state index in [2.05, 4.69) is 0 Å². The Labute approximate surface area is 614 Å². The van der Waals surface area contributed by atoms with Crippen molar-refractivity contribution in [2.75, 3.05) is 65.6 Å². The van der Waals surface area contributed by atoms with Gasteiger partial charge in [0.2, 0.25) is 0 Å². The van der Waals surface area contributed by atoms with Crippen molar-refractivity contribution in [3.8, 4) is 0 Å². The maximum atomic E-state index is 12.6. The van der Waals surface area contributed by atoms with Crippen molar-refractivity contribution in [2.45, 2.75) is 282 Å². The molecule has 0 aromatic carbocycles. The van der Waals surface area contributed by atoms with E-state index in [0.29, 0.717) is 0 Å². The Morgan fingerprint density at radius 1 is 0.312 bits per heavy atom. The minimum atomic E-state index is -5.01. The average Bonchev–Trinajstić information content (AvgIpc) is 1.68. The Kier molecular flexibility index (Phi) is 31.0. The SMILES string of the molecule is NCCP(=O)(O)OCC1OC(OC2C(OCC3OC(OC4C(CO)OC(OC5C(O)C(O)C(O)C6OP(=O)(O)OC56)C(N)C4O)C(O)C(OC4OC(COC5OC(CO)C(O)C(O)C5OC5OC(CO)C(O)C(O)C5O)C(O)C(O)C4OC4OC(CO)C(O)C(O)C4O)C3O)OC(CO)C(O)C2O)C(O)C(O)C1O. The van der Waals surface area contributed by atoms with Crippen molar-refractivity contribution < 1.29 is 241 Å². The zero-order chi connectivity index (χ0) is 80.1. The molecule has 10 fully saturated rings. The number of ether oxygens (including phenoxy) is 16.